The Morgan fingerprint density at radius 2 is 2.08 bits per heavy atom. The molecular formula is C11H17NO. The topological polar surface area (TPSA) is 22.1 Å². The molecule has 0 spiro atoms. The molecule has 0 unspecified atom stereocenters. The summed E-state index contributed by atoms with van der Waals surface area (Å²) in [5.41, 5.74) is 2.65. The fourth-order valence-electron chi connectivity index (χ4n) is 1.43. The normalized spacial score (nSPS) is 11.7. The SMILES string of the molecule is COCc1cnccc1C(C)(C)C. The maximum Gasteiger partial charge on any atom is 0.0730 e. The molecule has 0 aliphatic heterocycles. The van der Waals surface area contributed by atoms with Crippen LogP contribution in [0.15, 0.2) is 18.5 Å². The molecule has 0 saturated carbocycles. The van der Waals surface area contributed by atoms with Gasteiger partial charge in [-0.1, -0.05) is 20.8 Å². The molecule has 0 aliphatic rings. The zero-order valence-corrected chi connectivity index (χ0v) is 8.79. The summed E-state index contributed by atoms with van der Waals surface area (Å²) in [4.78, 5) is 4.10. The molecule has 0 saturated heterocycles. The first-order valence-electron chi connectivity index (χ1n) is 4.48. The molecule has 0 fully saturated rings. The highest BCUT2D eigenvalue weighted by molar-refractivity contribution is 5.29. The first kappa shape index (κ1) is 10.2. The van der Waals surface area contributed by atoms with E-state index in [0.29, 0.717) is 6.61 Å². The Kier molecular flexibility index (Phi) is 3.04. The van der Waals surface area contributed by atoms with Gasteiger partial charge in [-0.3, -0.25) is 4.98 Å². The first-order valence-corrected chi connectivity index (χ1v) is 4.48. The maximum absolute atomic E-state index is 5.12. The van der Waals surface area contributed by atoms with Gasteiger partial charge in [-0.15, -0.1) is 0 Å². The van der Waals surface area contributed by atoms with Crippen LogP contribution in [0.5, 0.6) is 0 Å². The van der Waals surface area contributed by atoms with Gasteiger partial charge in [-0.25, -0.2) is 0 Å². The molecule has 0 amide bonds. The molecule has 1 rings (SSSR count). The van der Waals surface area contributed by atoms with Gasteiger partial charge in [0, 0.05) is 19.5 Å². The molecule has 0 radical (unpaired) electrons. The minimum Gasteiger partial charge on any atom is -0.380 e. The Labute approximate surface area is 80.0 Å². The summed E-state index contributed by atoms with van der Waals surface area (Å²) >= 11 is 0. The maximum atomic E-state index is 5.12. The molecular weight excluding hydrogens is 162 g/mol. The van der Waals surface area contributed by atoms with Gasteiger partial charge in [-0.2, -0.15) is 0 Å². The highest BCUT2D eigenvalue weighted by Crippen LogP contribution is 2.25. The van der Waals surface area contributed by atoms with E-state index in [9.17, 15) is 0 Å². The molecule has 0 atom stereocenters. The van der Waals surface area contributed by atoms with Crippen LogP contribution >= 0.6 is 0 Å². The predicted octanol–water partition coefficient (Wildman–Crippen LogP) is 2.53. The van der Waals surface area contributed by atoms with Gasteiger partial charge in [0.15, 0.2) is 0 Å². The average Bonchev–Trinajstić information content (AvgIpc) is 2.04. The summed E-state index contributed by atoms with van der Waals surface area (Å²) in [6.45, 7) is 7.23. The first-order chi connectivity index (χ1) is 6.05. The van der Waals surface area contributed by atoms with Crippen LogP contribution in [0.4, 0.5) is 0 Å². The average molecular weight is 179 g/mol. The molecule has 1 aromatic rings. The van der Waals surface area contributed by atoms with E-state index >= 15 is 0 Å². The van der Waals surface area contributed by atoms with Gasteiger partial charge in [0.25, 0.3) is 0 Å². The van der Waals surface area contributed by atoms with E-state index in [1.807, 2.05) is 12.4 Å². The van der Waals surface area contributed by atoms with Gasteiger partial charge in [-0.05, 0) is 22.6 Å². The van der Waals surface area contributed by atoms with E-state index in [4.69, 9.17) is 4.74 Å². The van der Waals surface area contributed by atoms with E-state index < -0.39 is 0 Å². The van der Waals surface area contributed by atoms with Crippen molar-refractivity contribution in [2.75, 3.05) is 7.11 Å². The van der Waals surface area contributed by atoms with Gasteiger partial charge in [0.2, 0.25) is 0 Å². The second kappa shape index (κ2) is 3.88. The number of pyridine rings is 1. The van der Waals surface area contributed by atoms with Crippen molar-refractivity contribution in [3.63, 3.8) is 0 Å². The lowest BCUT2D eigenvalue weighted by molar-refractivity contribution is 0.183. The highest BCUT2D eigenvalue weighted by atomic mass is 16.5. The third-order valence-corrected chi connectivity index (χ3v) is 2.01. The Hall–Kier alpha value is -0.890. The Bertz CT molecular complexity index is 276. The number of hydrogen-bond acceptors (Lipinski definition) is 2. The van der Waals surface area contributed by atoms with Crippen LogP contribution in [0, 0.1) is 0 Å². The molecule has 1 heterocycles. The number of hydrogen-bond donors (Lipinski definition) is 0. The second-order valence-corrected chi connectivity index (χ2v) is 4.22. The number of rotatable bonds is 2. The van der Waals surface area contributed by atoms with Crippen molar-refractivity contribution < 1.29 is 4.74 Å². The summed E-state index contributed by atoms with van der Waals surface area (Å²) < 4.78 is 5.12. The molecule has 0 bridgehead atoms. The van der Waals surface area contributed by atoms with Crippen LogP contribution in [0.3, 0.4) is 0 Å². The minimum absolute atomic E-state index is 0.163. The van der Waals surface area contributed by atoms with Crippen LogP contribution in [0.2, 0.25) is 0 Å². The zero-order valence-electron chi connectivity index (χ0n) is 8.79. The van der Waals surface area contributed by atoms with Crippen LogP contribution < -0.4 is 0 Å². The lowest BCUT2D eigenvalue weighted by Gasteiger charge is -2.21. The smallest absolute Gasteiger partial charge is 0.0730 e. The summed E-state index contributed by atoms with van der Waals surface area (Å²) in [6.07, 6.45) is 3.71. The summed E-state index contributed by atoms with van der Waals surface area (Å²) in [7, 11) is 1.71. The Balaban J connectivity index is 3.05. The monoisotopic (exact) mass is 179 g/mol. The fourth-order valence-corrected chi connectivity index (χ4v) is 1.43. The molecule has 0 aliphatic carbocycles. The van der Waals surface area contributed by atoms with Crippen LogP contribution in [-0.2, 0) is 16.8 Å². The zero-order chi connectivity index (χ0) is 9.90. The molecule has 1 aromatic heterocycles. The fraction of sp³-hybridized carbons (Fsp3) is 0.545. The quantitative estimate of drug-likeness (QED) is 0.696. The van der Waals surface area contributed by atoms with Crippen molar-refractivity contribution >= 4 is 0 Å². The van der Waals surface area contributed by atoms with Crippen molar-refractivity contribution in [1.82, 2.24) is 4.98 Å². The summed E-state index contributed by atoms with van der Waals surface area (Å²) in [6, 6.07) is 2.06. The molecule has 2 nitrogen and oxygen atoms in total. The molecule has 0 N–H and O–H groups in total. The van der Waals surface area contributed by atoms with Crippen LogP contribution in [-0.4, -0.2) is 12.1 Å². The van der Waals surface area contributed by atoms with Gasteiger partial charge >= 0.3 is 0 Å². The number of nitrogens with zero attached hydrogens (tertiary/aromatic N) is 1. The van der Waals surface area contributed by atoms with Crippen molar-refractivity contribution in [1.29, 1.82) is 0 Å². The van der Waals surface area contributed by atoms with Gasteiger partial charge in [0.1, 0.15) is 0 Å². The summed E-state index contributed by atoms with van der Waals surface area (Å²) in [5, 5.41) is 0. The number of ether oxygens (including phenoxy) is 1. The molecule has 0 aromatic carbocycles. The van der Waals surface area contributed by atoms with Crippen molar-refractivity contribution in [3.05, 3.63) is 29.6 Å². The third-order valence-electron chi connectivity index (χ3n) is 2.01. The standard InChI is InChI=1S/C11H17NO/c1-11(2,3)10-5-6-12-7-9(10)8-13-4/h5-7H,8H2,1-4H3. The van der Waals surface area contributed by atoms with E-state index in [1.165, 1.54) is 11.1 Å². The lowest BCUT2D eigenvalue weighted by Crippen LogP contribution is -2.14. The van der Waals surface area contributed by atoms with Gasteiger partial charge < -0.3 is 4.74 Å². The van der Waals surface area contributed by atoms with Crippen molar-refractivity contribution in [2.45, 2.75) is 32.8 Å². The highest BCUT2D eigenvalue weighted by Gasteiger charge is 2.17. The van der Waals surface area contributed by atoms with E-state index in [0.717, 1.165) is 0 Å². The minimum atomic E-state index is 0.163. The van der Waals surface area contributed by atoms with Gasteiger partial charge in [0.05, 0.1) is 6.61 Å². The predicted molar refractivity (Wildman–Crippen MR) is 53.7 cm³/mol. The Morgan fingerprint density at radius 1 is 1.38 bits per heavy atom. The third kappa shape index (κ3) is 2.52. The van der Waals surface area contributed by atoms with Crippen LogP contribution in [0.25, 0.3) is 0 Å². The van der Waals surface area contributed by atoms with Crippen molar-refractivity contribution in [3.8, 4) is 0 Å². The van der Waals surface area contributed by atoms with E-state index in [-0.39, 0.29) is 5.41 Å². The summed E-state index contributed by atoms with van der Waals surface area (Å²) in [5.74, 6) is 0. The lowest BCUT2D eigenvalue weighted by atomic mass is 9.85. The molecule has 72 valence electrons. The van der Waals surface area contributed by atoms with Crippen LogP contribution in [0.1, 0.15) is 31.9 Å². The second-order valence-electron chi connectivity index (χ2n) is 4.22. The molecule has 2 heteroatoms. The number of methoxy groups -OCH3 is 1. The van der Waals surface area contributed by atoms with Crippen molar-refractivity contribution in [2.24, 2.45) is 0 Å². The Morgan fingerprint density at radius 3 is 2.62 bits per heavy atom. The largest absolute Gasteiger partial charge is 0.380 e. The van der Waals surface area contributed by atoms with E-state index in [2.05, 4.69) is 31.8 Å². The number of aromatic nitrogens is 1. The van der Waals surface area contributed by atoms with E-state index in [1.54, 1.807) is 7.11 Å². The molecule has 13 heavy (non-hydrogen) atoms.